The summed E-state index contributed by atoms with van der Waals surface area (Å²) >= 11 is 0. The topological polar surface area (TPSA) is 43.8 Å². The molecule has 110 valence electrons. The number of aromatic carboxylic acids is 1. The molecule has 1 aliphatic rings. The van der Waals surface area contributed by atoms with Gasteiger partial charge in [0.15, 0.2) is 0 Å². The molecule has 5 heteroatoms. The molecule has 0 unspecified atom stereocenters. The Labute approximate surface area is 118 Å². The summed E-state index contributed by atoms with van der Waals surface area (Å²) < 4.78 is 14.0. The zero-order chi connectivity index (χ0) is 14.9. The average molecular weight is 280 g/mol. The summed E-state index contributed by atoms with van der Waals surface area (Å²) in [5, 5.41) is 8.86. The van der Waals surface area contributed by atoms with E-state index in [1.54, 1.807) is 6.07 Å². The molecule has 1 aromatic carbocycles. The van der Waals surface area contributed by atoms with Gasteiger partial charge in [-0.2, -0.15) is 0 Å². The average Bonchev–Trinajstić information content (AvgIpc) is 2.32. The molecule has 2 rings (SSSR count). The highest BCUT2D eigenvalue weighted by Gasteiger charge is 2.40. The van der Waals surface area contributed by atoms with Gasteiger partial charge in [0.2, 0.25) is 0 Å². The predicted molar refractivity (Wildman–Crippen MR) is 76.9 cm³/mol. The van der Waals surface area contributed by atoms with E-state index >= 15 is 0 Å². The first kappa shape index (κ1) is 14.8. The van der Waals surface area contributed by atoms with Crippen LogP contribution in [0.15, 0.2) is 18.2 Å². The van der Waals surface area contributed by atoms with Gasteiger partial charge in [-0.05, 0) is 51.6 Å². The standard InChI is InChI=1S/C15H21FN2O2/c1-17(2)15(7-4-8-15)10-18(3)13-6-5-11(14(19)20)9-12(13)16/h5-6,9H,4,7-8,10H2,1-3H3,(H,19,20). The summed E-state index contributed by atoms with van der Waals surface area (Å²) in [6.45, 7) is 0.739. The Morgan fingerprint density at radius 3 is 2.40 bits per heavy atom. The fourth-order valence-electron chi connectivity index (χ4n) is 2.81. The molecule has 0 amide bonds. The molecular weight excluding hydrogens is 259 g/mol. The van der Waals surface area contributed by atoms with Crippen molar-refractivity contribution in [3.8, 4) is 0 Å². The molecule has 20 heavy (non-hydrogen) atoms. The van der Waals surface area contributed by atoms with Gasteiger partial charge < -0.3 is 14.9 Å². The number of rotatable bonds is 5. The van der Waals surface area contributed by atoms with Crippen molar-refractivity contribution >= 4 is 11.7 Å². The maximum absolute atomic E-state index is 14.0. The van der Waals surface area contributed by atoms with Gasteiger partial charge in [-0.25, -0.2) is 9.18 Å². The molecule has 1 N–H and O–H groups in total. The van der Waals surface area contributed by atoms with E-state index in [4.69, 9.17) is 5.11 Å². The number of nitrogens with zero attached hydrogens (tertiary/aromatic N) is 2. The van der Waals surface area contributed by atoms with E-state index in [0.29, 0.717) is 5.69 Å². The maximum Gasteiger partial charge on any atom is 0.335 e. The van der Waals surface area contributed by atoms with Crippen LogP contribution in [0.25, 0.3) is 0 Å². The second-order valence-electron chi connectivity index (χ2n) is 5.80. The van der Waals surface area contributed by atoms with Gasteiger partial charge >= 0.3 is 5.97 Å². The molecule has 0 atom stereocenters. The van der Waals surface area contributed by atoms with Gasteiger partial charge in [0, 0.05) is 19.1 Å². The fourth-order valence-corrected chi connectivity index (χ4v) is 2.81. The Balaban J connectivity index is 2.17. The molecule has 0 radical (unpaired) electrons. The fraction of sp³-hybridized carbons (Fsp3) is 0.533. The van der Waals surface area contributed by atoms with Crippen LogP contribution in [0.3, 0.4) is 0 Å². The minimum Gasteiger partial charge on any atom is -0.478 e. The zero-order valence-electron chi connectivity index (χ0n) is 12.2. The third-order valence-corrected chi connectivity index (χ3v) is 4.37. The quantitative estimate of drug-likeness (QED) is 0.899. The van der Waals surface area contributed by atoms with Crippen LogP contribution in [-0.4, -0.2) is 49.2 Å². The van der Waals surface area contributed by atoms with Crippen molar-refractivity contribution in [1.82, 2.24) is 4.90 Å². The SMILES string of the molecule is CN(CC1(N(C)C)CCC1)c1ccc(C(=O)O)cc1F. The van der Waals surface area contributed by atoms with Crippen LogP contribution in [0.4, 0.5) is 10.1 Å². The van der Waals surface area contributed by atoms with Crippen LogP contribution in [0.1, 0.15) is 29.6 Å². The monoisotopic (exact) mass is 280 g/mol. The van der Waals surface area contributed by atoms with E-state index in [9.17, 15) is 9.18 Å². The second-order valence-corrected chi connectivity index (χ2v) is 5.80. The summed E-state index contributed by atoms with van der Waals surface area (Å²) in [6, 6.07) is 4.07. The Morgan fingerprint density at radius 1 is 1.35 bits per heavy atom. The van der Waals surface area contributed by atoms with Crippen LogP contribution >= 0.6 is 0 Å². The van der Waals surface area contributed by atoms with Crippen molar-refractivity contribution in [1.29, 1.82) is 0 Å². The third kappa shape index (κ3) is 2.63. The van der Waals surface area contributed by atoms with Crippen molar-refractivity contribution in [3.63, 3.8) is 0 Å². The molecule has 0 spiro atoms. The normalized spacial score (nSPS) is 16.9. The van der Waals surface area contributed by atoms with E-state index < -0.39 is 11.8 Å². The number of halogens is 1. The molecule has 0 saturated heterocycles. The highest BCUT2D eigenvalue weighted by molar-refractivity contribution is 5.88. The number of carboxylic acid groups (broad SMARTS) is 1. The first-order valence-electron chi connectivity index (χ1n) is 6.77. The lowest BCUT2D eigenvalue weighted by atomic mass is 9.75. The summed E-state index contributed by atoms with van der Waals surface area (Å²) in [6.07, 6.45) is 3.42. The van der Waals surface area contributed by atoms with E-state index in [0.717, 1.165) is 25.5 Å². The molecule has 1 aliphatic carbocycles. The summed E-state index contributed by atoms with van der Waals surface area (Å²) in [4.78, 5) is 14.9. The molecule has 4 nitrogen and oxygen atoms in total. The van der Waals surface area contributed by atoms with Crippen LogP contribution in [0, 0.1) is 5.82 Å². The van der Waals surface area contributed by atoms with E-state index in [-0.39, 0.29) is 11.1 Å². The summed E-state index contributed by atoms with van der Waals surface area (Å²) in [5.74, 6) is -1.59. The van der Waals surface area contributed by atoms with Gasteiger partial charge in [0.05, 0.1) is 11.3 Å². The van der Waals surface area contributed by atoms with Crippen molar-refractivity contribution < 1.29 is 14.3 Å². The van der Waals surface area contributed by atoms with E-state index in [2.05, 4.69) is 19.0 Å². The van der Waals surface area contributed by atoms with Gasteiger partial charge in [-0.15, -0.1) is 0 Å². The van der Waals surface area contributed by atoms with Crippen molar-refractivity contribution in [2.75, 3.05) is 32.6 Å². The molecular formula is C15H21FN2O2. The number of likely N-dealkylation sites (N-methyl/N-ethyl adjacent to an activating group) is 2. The molecule has 0 heterocycles. The third-order valence-electron chi connectivity index (χ3n) is 4.37. The highest BCUT2D eigenvalue weighted by Crippen LogP contribution is 2.37. The van der Waals surface area contributed by atoms with Crippen LogP contribution in [0.5, 0.6) is 0 Å². The molecule has 0 bridgehead atoms. The Bertz CT molecular complexity index is 513. The molecule has 0 aromatic heterocycles. The Morgan fingerprint density at radius 2 is 2.00 bits per heavy atom. The minimum absolute atomic E-state index is 0.0226. The van der Waals surface area contributed by atoms with Gasteiger partial charge in [0.25, 0.3) is 0 Å². The number of hydrogen-bond acceptors (Lipinski definition) is 3. The number of hydrogen-bond donors (Lipinski definition) is 1. The summed E-state index contributed by atoms with van der Waals surface area (Å²) in [7, 11) is 5.95. The Hall–Kier alpha value is -1.62. The number of carbonyl (C=O) groups is 1. The van der Waals surface area contributed by atoms with Crippen LogP contribution < -0.4 is 4.90 Å². The largest absolute Gasteiger partial charge is 0.478 e. The maximum atomic E-state index is 14.0. The van der Waals surface area contributed by atoms with Crippen LogP contribution in [0.2, 0.25) is 0 Å². The lowest BCUT2D eigenvalue weighted by molar-refractivity contribution is 0.0680. The number of carboxylic acids is 1. The zero-order valence-corrected chi connectivity index (χ0v) is 12.2. The Kier molecular flexibility index (Phi) is 3.99. The predicted octanol–water partition coefficient (Wildman–Crippen LogP) is 2.44. The van der Waals surface area contributed by atoms with E-state index in [1.165, 1.54) is 12.5 Å². The molecule has 1 aromatic rings. The van der Waals surface area contributed by atoms with Gasteiger partial charge in [0.1, 0.15) is 5.82 Å². The first-order chi connectivity index (χ1) is 9.35. The minimum atomic E-state index is -1.11. The van der Waals surface area contributed by atoms with Crippen molar-refractivity contribution in [2.24, 2.45) is 0 Å². The molecule has 1 saturated carbocycles. The highest BCUT2D eigenvalue weighted by atomic mass is 19.1. The smallest absolute Gasteiger partial charge is 0.335 e. The lowest BCUT2D eigenvalue weighted by Crippen LogP contribution is -2.56. The number of anilines is 1. The molecule has 1 fully saturated rings. The van der Waals surface area contributed by atoms with Crippen LogP contribution in [-0.2, 0) is 0 Å². The van der Waals surface area contributed by atoms with Gasteiger partial charge in [-0.3, -0.25) is 0 Å². The number of benzene rings is 1. The second kappa shape index (κ2) is 5.40. The van der Waals surface area contributed by atoms with Crippen molar-refractivity contribution in [2.45, 2.75) is 24.8 Å². The first-order valence-corrected chi connectivity index (χ1v) is 6.77. The summed E-state index contributed by atoms with van der Waals surface area (Å²) in [5.41, 5.74) is 0.529. The van der Waals surface area contributed by atoms with Gasteiger partial charge in [-0.1, -0.05) is 0 Å². The van der Waals surface area contributed by atoms with E-state index in [1.807, 2.05) is 11.9 Å². The van der Waals surface area contributed by atoms with Crippen molar-refractivity contribution in [3.05, 3.63) is 29.6 Å². The molecule has 0 aliphatic heterocycles. The lowest BCUT2D eigenvalue weighted by Gasteiger charge is -2.49.